The Labute approximate surface area is 144 Å². The summed E-state index contributed by atoms with van der Waals surface area (Å²) in [5.74, 6) is 0.928. The number of hydrogen-bond acceptors (Lipinski definition) is 3. The maximum atomic E-state index is 12.0. The number of unbranched alkanes of at least 4 members (excludes halogenated alkanes) is 1. The van der Waals surface area contributed by atoms with E-state index in [1.165, 1.54) is 0 Å². The molecule has 0 heterocycles. The molecule has 0 aliphatic carbocycles. The second-order valence-electron chi connectivity index (χ2n) is 5.94. The molecule has 0 spiro atoms. The minimum atomic E-state index is -0.631. The Balaban J connectivity index is 1.97. The fraction of sp³-hybridized carbons (Fsp3) is 0.381. The number of carbonyl (C=O) groups excluding carboxylic acids is 1. The lowest BCUT2D eigenvalue weighted by Gasteiger charge is -2.15. The Bertz CT molecular complexity index is 622. The molecule has 24 heavy (non-hydrogen) atoms. The van der Waals surface area contributed by atoms with E-state index in [4.69, 9.17) is 9.47 Å². The number of para-hydroxylation sites is 1. The van der Waals surface area contributed by atoms with Gasteiger partial charge in [0.2, 0.25) is 0 Å². The molecule has 0 aliphatic rings. The first-order valence-electron chi connectivity index (χ1n) is 8.73. The van der Waals surface area contributed by atoms with Gasteiger partial charge in [0.15, 0.2) is 0 Å². The Morgan fingerprint density at radius 1 is 1.00 bits per heavy atom. The lowest BCUT2D eigenvalue weighted by molar-refractivity contribution is 0.0813. The van der Waals surface area contributed by atoms with Crippen LogP contribution >= 0.6 is 0 Å². The van der Waals surface area contributed by atoms with Crippen LogP contribution < -0.4 is 4.74 Å². The van der Waals surface area contributed by atoms with Crippen molar-refractivity contribution in [2.24, 2.45) is 5.92 Å². The lowest BCUT2D eigenvalue weighted by atomic mass is 10.0. The maximum absolute atomic E-state index is 12.0. The van der Waals surface area contributed by atoms with Gasteiger partial charge < -0.3 is 9.47 Å². The number of ether oxygens (including phenoxy) is 2. The van der Waals surface area contributed by atoms with Crippen molar-refractivity contribution < 1.29 is 14.3 Å². The first-order valence-corrected chi connectivity index (χ1v) is 8.73. The van der Waals surface area contributed by atoms with E-state index in [2.05, 4.69) is 13.8 Å². The van der Waals surface area contributed by atoms with E-state index in [0.717, 1.165) is 36.8 Å². The van der Waals surface area contributed by atoms with E-state index in [1.54, 1.807) is 6.07 Å². The molecule has 2 rings (SSSR count). The molecule has 0 radical (unpaired) electrons. The van der Waals surface area contributed by atoms with Crippen molar-refractivity contribution in [3.8, 4) is 16.9 Å². The largest absolute Gasteiger partial charge is 0.513 e. The molecule has 128 valence electrons. The molecule has 0 saturated heterocycles. The highest BCUT2D eigenvalue weighted by molar-refractivity contribution is 5.74. The third kappa shape index (κ3) is 5.41. The molecule has 0 amide bonds. The summed E-state index contributed by atoms with van der Waals surface area (Å²) in [6.45, 7) is 4.71. The summed E-state index contributed by atoms with van der Waals surface area (Å²) in [6, 6.07) is 17.4. The highest BCUT2D eigenvalue weighted by atomic mass is 16.7. The van der Waals surface area contributed by atoms with Crippen LogP contribution in [0.5, 0.6) is 5.75 Å². The summed E-state index contributed by atoms with van der Waals surface area (Å²) >= 11 is 0. The third-order valence-electron chi connectivity index (χ3n) is 4.15. The van der Waals surface area contributed by atoms with Crippen LogP contribution in [0.3, 0.4) is 0 Å². The van der Waals surface area contributed by atoms with Gasteiger partial charge in [-0.1, -0.05) is 81.6 Å². The monoisotopic (exact) mass is 326 g/mol. The first-order chi connectivity index (χ1) is 11.7. The minimum absolute atomic E-state index is 0.405. The van der Waals surface area contributed by atoms with Gasteiger partial charge in [-0.25, -0.2) is 4.79 Å². The van der Waals surface area contributed by atoms with Gasteiger partial charge in [0.25, 0.3) is 0 Å². The second-order valence-corrected chi connectivity index (χ2v) is 5.94. The molecule has 0 bridgehead atoms. The minimum Gasteiger partial charge on any atom is -0.434 e. The lowest BCUT2D eigenvalue weighted by Crippen LogP contribution is -2.17. The summed E-state index contributed by atoms with van der Waals surface area (Å²) in [6.07, 6.45) is 3.78. The van der Waals surface area contributed by atoms with Gasteiger partial charge in [0.1, 0.15) is 5.75 Å². The third-order valence-corrected chi connectivity index (χ3v) is 4.15. The van der Waals surface area contributed by atoms with Gasteiger partial charge in [-0.05, 0) is 24.0 Å². The van der Waals surface area contributed by atoms with Crippen LogP contribution in [0.25, 0.3) is 11.1 Å². The van der Waals surface area contributed by atoms with Gasteiger partial charge in [-0.3, -0.25) is 0 Å². The van der Waals surface area contributed by atoms with Crippen LogP contribution in [0.1, 0.15) is 39.5 Å². The summed E-state index contributed by atoms with van der Waals surface area (Å²) in [5, 5.41) is 0. The van der Waals surface area contributed by atoms with Gasteiger partial charge in [0.05, 0.1) is 6.61 Å². The van der Waals surface area contributed by atoms with Crippen LogP contribution in [0, 0.1) is 5.92 Å². The highest BCUT2D eigenvalue weighted by Gasteiger charge is 2.14. The fourth-order valence-corrected chi connectivity index (χ4v) is 2.62. The summed E-state index contributed by atoms with van der Waals surface area (Å²) in [5.41, 5.74) is 1.89. The summed E-state index contributed by atoms with van der Waals surface area (Å²) in [4.78, 5) is 12.0. The number of rotatable bonds is 8. The summed E-state index contributed by atoms with van der Waals surface area (Å²) < 4.78 is 10.8. The predicted molar refractivity (Wildman–Crippen MR) is 97.2 cm³/mol. The topological polar surface area (TPSA) is 35.5 Å². The molecular weight excluding hydrogens is 300 g/mol. The standard InChI is InChI=1S/C21H26O3/c1-3-5-11-17(4-2)16-23-21(22)24-20-15-10-9-14-19(20)18-12-7-6-8-13-18/h6-10,12-15,17H,3-5,11,16H2,1-2H3. The van der Waals surface area contributed by atoms with Crippen LogP contribution in [0.2, 0.25) is 0 Å². The zero-order valence-corrected chi connectivity index (χ0v) is 14.5. The predicted octanol–water partition coefficient (Wildman–Crippen LogP) is 6.09. The van der Waals surface area contributed by atoms with Crippen molar-refractivity contribution in [3.63, 3.8) is 0 Å². The van der Waals surface area contributed by atoms with Gasteiger partial charge in [0, 0.05) is 5.56 Å². The Hall–Kier alpha value is -2.29. The van der Waals surface area contributed by atoms with Crippen molar-refractivity contribution in [2.45, 2.75) is 39.5 Å². The van der Waals surface area contributed by atoms with E-state index < -0.39 is 6.16 Å². The fourth-order valence-electron chi connectivity index (χ4n) is 2.62. The molecule has 2 aromatic carbocycles. The Kier molecular flexibility index (Phi) is 7.34. The van der Waals surface area contributed by atoms with Crippen LogP contribution in [-0.2, 0) is 4.74 Å². The van der Waals surface area contributed by atoms with E-state index in [-0.39, 0.29) is 0 Å². The smallest absolute Gasteiger partial charge is 0.434 e. The number of benzene rings is 2. The van der Waals surface area contributed by atoms with Crippen molar-refractivity contribution in [3.05, 3.63) is 54.6 Å². The molecule has 3 nitrogen and oxygen atoms in total. The SMILES string of the molecule is CCCCC(CC)COC(=O)Oc1ccccc1-c1ccccc1. The number of hydrogen-bond donors (Lipinski definition) is 0. The van der Waals surface area contributed by atoms with E-state index >= 15 is 0 Å². The molecule has 1 unspecified atom stereocenters. The molecule has 3 heteroatoms. The molecular formula is C21H26O3. The average molecular weight is 326 g/mol. The van der Waals surface area contributed by atoms with Gasteiger partial charge in [-0.15, -0.1) is 0 Å². The molecule has 2 aromatic rings. The Morgan fingerprint density at radius 3 is 2.42 bits per heavy atom. The molecule has 0 N–H and O–H groups in total. The quantitative estimate of drug-likeness (QED) is 0.435. The zero-order chi connectivity index (χ0) is 17.2. The van der Waals surface area contributed by atoms with E-state index in [0.29, 0.717) is 18.3 Å². The van der Waals surface area contributed by atoms with Crippen LogP contribution in [0.4, 0.5) is 4.79 Å². The van der Waals surface area contributed by atoms with E-state index in [1.807, 2.05) is 48.5 Å². The van der Waals surface area contributed by atoms with Gasteiger partial charge in [-0.2, -0.15) is 0 Å². The number of carbonyl (C=O) groups is 1. The maximum Gasteiger partial charge on any atom is 0.513 e. The average Bonchev–Trinajstić information content (AvgIpc) is 2.63. The zero-order valence-electron chi connectivity index (χ0n) is 14.5. The Morgan fingerprint density at radius 2 is 1.71 bits per heavy atom. The van der Waals surface area contributed by atoms with Crippen molar-refractivity contribution in [1.82, 2.24) is 0 Å². The molecule has 0 aromatic heterocycles. The molecule has 0 aliphatic heterocycles. The van der Waals surface area contributed by atoms with Crippen molar-refractivity contribution in [1.29, 1.82) is 0 Å². The van der Waals surface area contributed by atoms with Crippen LogP contribution in [-0.4, -0.2) is 12.8 Å². The summed E-state index contributed by atoms with van der Waals surface area (Å²) in [7, 11) is 0. The van der Waals surface area contributed by atoms with Crippen LogP contribution in [0.15, 0.2) is 54.6 Å². The molecule has 1 atom stereocenters. The first kappa shape index (κ1) is 18.1. The van der Waals surface area contributed by atoms with Gasteiger partial charge >= 0.3 is 6.16 Å². The van der Waals surface area contributed by atoms with E-state index in [9.17, 15) is 4.79 Å². The van der Waals surface area contributed by atoms with Crippen molar-refractivity contribution >= 4 is 6.16 Å². The van der Waals surface area contributed by atoms with Crippen molar-refractivity contribution in [2.75, 3.05) is 6.61 Å². The molecule has 0 fully saturated rings. The second kappa shape index (κ2) is 9.76. The highest BCUT2D eigenvalue weighted by Crippen LogP contribution is 2.29. The normalized spacial score (nSPS) is 11.8. The molecule has 0 saturated carbocycles.